The zero-order valence-electron chi connectivity index (χ0n) is 12.0. The Hall–Kier alpha value is -0.610. The Morgan fingerprint density at radius 3 is 2.44 bits per heavy atom. The van der Waals surface area contributed by atoms with Crippen molar-refractivity contribution in [2.24, 2.45) is 5.92 Å². The highest BCUT2D eigenvalue weighted by Gasteiger charge is 2.35. The zero-order valence-corrected chi connectivity index (χ0v) is 12.0. The number of hydrogen-bond acceptors (Lipinski definition) is 3. The Morgan fingerprint density at radius 2 is 2.00 bits per heavy atom. The van der Waals surface area contributed by atoms with E-state index >= 15 is 0 Å². The second-order valence-electron chi connectivity index (χ2n) is 5.68. The van der Waals surface area contributed by atoms with Crippen LogP contribution in [0.25, 0.3) is 0 Å². The first-order valence-corrected chi connectivity index (χ1v) is 7.22. The van der Waals surface area contributed by atoms with Gasteiger partial charge in [-0.1, -0.05) is 26.7 Å². The lowest BCUT2D eigenvalue weighted by atomic mass is 9.91. The summed E-state index contributed by atoms with van der Waals surface area (Å²) in [7, 11) is 0. The molecule has 0 spiro atoms. The minimum Gasteiger partial charge on any atom is -0.480 e. The van der Waals surface area contributed by atoms with Crippen molar-refractivity contribution in [2.75, 3.05) is 26.2 Å². The van der Waals surface area contributed by atoms with E-state index in [2.05, 4.69) is 17.1 Å². The number of piperidine rings is 1. The molecular weight excluding hydrogens is 228 g/mol. The maximum absolute atomic E-state index is 11.4. The molecule has 0 radical (unpaired) electrons. The Morgan fingerprint density at radius 1 is 1.39 bits per heavy atom. The van der Waals surface area contributed by atoms with Crippen molar-refractivity contribution in [3.8, 4) is 0 Å². The van der Waals surface area contributed by atoms with Crippen LogP contribution in [-0.2, 0) is 4.79 Å². The molecule has 106 valence electrons. The molecule has 18 heavy (non-hydrogen) atoms. The van der Waals surface area contributed by atoms with Gasteiger partial charge in [-0.2, -0.15) is 0 Å². The molecular formula is C14H28N2O2. The summed E-state index contributed by atoms with van der Waals surface area (Å²) in [6.07, 6.45) is 5.01. The molecule has 1 saturated heterocycles. The quantitative estimate of drug-likeness (QED) is 0.731. The number of nitrogens with zero attached hydrogens (tertiary/aromatic N) is 1. The van der Waals surface area contributed by atoms with Crippen molar-refractivity contribution in [1.29, 1.82) is 0 Å². The minimum absolute atomic E-state index is 0.606. The highest BCUT2D eigenvalue weighted by atomic mass is 16.4. The molecule has 0 saturated carbocycles. The lowest BCUT2D eigenvalue weighted by Crippen LogP contribution is -2.57. The molecule has 1 unspecified atom stereocenters. The molecule has 1 aliphatic heterocycles. The van der Waals surface area contributed by atoms with Gasteiger partial charge in [0.1, 0.15) is 5.54 Å². The summed E-state index contributed by atoms with van der Waals surface area (Å²) in [5, 5.41) is 12.4. The number of carboxylic acids is 1. The first-order valence-electron chi connectivity index (χ1n) is 7.22. The predicted octanol–water partition coefficient (Wildman–Crippen LogP) is 1.95. The molecule has 1 atom stereocenters. The average molecular weight is 256 g/mol. The Bertz CT molecular complexity index is 263. The number of likely N-dealkylation sites (N-methyl/N-ethyl adjacent to an activating group) is 1. The van der Waals surface area contributed by atoms with Gasteiger partial charge in [0, 0.05) is 6.54 Å². The van der Waals surface area contributed by atoms with Crippen LogP contribution in [-0.4, -0.2) is 47.7 Å². The van der Waals surface area contributed by atoms with Crippen LogP contribution in [0.1, 0.15) is 46.5 Å². The highest BCUT2D eigenvalue weighted by Crippen LogP contribution is 2.22. The van der Waals surface area contributed by atoms with Crippen LogP contribution in [0, 0.1) is 5.92 Å². The lowest BCUT2D eigenvalue weighted by Gasteiger charge is -2.37. The van der Waals surface area contributed by atoms with Gasteiger partial charge in [-0.05, 0) is 45.3 Å². The standard InChI is InChI=1S/C14H28N2O2/c1-4-6-12-7-9-16(10-8-12)11-14(3,13(17)18)15-5-2/h12,15H,4-11H2,1-3H3,(H,17,18). The number of hydrogen-bond donors (Lipinski definition) is 2. The number of carboxylic acid groups (broad SMARTS) is 1. The fourth-order valence-corrected chi connectivity index (χ4v) is 2.88. The number of rotatable bonds is 7. The number of carbonyl (C=O) groups is 1. The van der Waals surface area contributed by atoms with Crippen molar-refractivity contribution in [3.05, 3.63) is 0 Å². The van der Waals surface area contributed by atoms with E-state index in [-0.39, 0.29) is 0 Å². The van der Waals surface area contributed by atoms with Gasteiger partial charge >= 0.3 is 5.97 Å². The van der Waals surface area contributed by atoms with Crippen LogP contribution in [0.3, 0.4) is 0 Å². The van der Waals surface area contributed by atoms with Crippen molar-refractivity contribution in [2.45, 2.75) is 52.0 Å². The molecule has 0 aromatic carbocycles. The third-order valence-electron chi connectivity index (χ3n) is 3.98. The van der Waals surface area contributed by atoms with Gasteiger partial charge in [0.25, 0.3) is 0 Å². The van der Waals surface area contributed by atoms with Crippen LogP contribution in [0.2, 0.25) is 0 Å². The Labute approximate surface area is 111 Å². The zero-order chi connectivity index (χ0) is 13.6. The molecule has 0 amide bonds. The van der Waals surface area contributed by atoms with E-state index in [1.54, 1.807) is 6.92 Å². The number of nitrogens with one attached hydrogen (secondary N) is 1. The summed E-state index contributed by atoms with van der Waals surface area (Å²) in [5.74, 6) is 0.0986. The van der Waals surface area contributed by atoms with Crippen LogP contribution in [0.4, 0.5) is 0 Å². The first kappa shape index (κ1) is 15.4. The fraction of sp³-hybridized carbons (Fsp3) is 0.929. The molecule has 1 heterocycles. The summed E-state index contributed by atoms with van der Waals surface area (Å²) in [4.78, 5) is 13.7. The topological polar surface area (TPSA) is 52.6 Å². The van der Waals surface area contributed by atoms with E-state index in [0.29, 0.717) is 13.1 Å². The first-order chi connectivity index (χ1) is 8.51. The van der Waals surface area contributed by atoms with Crippen molar-refractivity contribution in [1.82, 2.24) is 10.2 Å². The second-order valence-corrected chi connectivity index (χ2v) is 5.68. The molecule has 1 aliphatic rings. The van der Waals surface area contributed by atoms with Gasteiger partial charge in [-0.3, -0.25) is 4.79 Å². The molecule has 4 nitrogen and oxygen atoms in total. The molecule has 1 rings (SSSR count). The summed E-state index contributed by atoms with van der Waals surface area (Å²) in [5.41, 5.74) is -0.813. The molecule has 0 aromatic rings. The minimum atomic E-state index is -0.813. The SMILES string of the molecule is CCCC1CCN(CC(C)(NCC)C(=O)O)CC1. The smallest absolute Gasteiger partial charge is 0.324 e. The van der Waals surface area contributed by atoms with Gasteiger partial charge in [0.05, 0.1) is 0 Å². The highest BCUT2D eigenvalue weighted by molar-refractivity contribution is 5.78. The lowest BCUT2D eigenvalue weighted by molar-refractivity contribution is -0.145. The molecule has 0 aromatic heterocycles. The van der Waals surface area contributed by atoms with Crippen molar-refractivity contribution < 1.29 is 9.90 Å². The van der Waals surface area contributed by atoms with E-state index < -0.39 is 11.5 Å². The molecule has 1 fully saturated rings. The maximum atomic E-state index is 11.4. The fourth-order valence-electron chi connectivity index (χ4n) is 2.88. The molecule has 0 aliphatic carbocycles. The van der Waals surface area contributed by atoms with Crippen molar-refractivity contribution >= 4 is 5.97 Å². The van der Waals surface area contributed by atoms with Crippen LogP contribution in [0.5, 0.6) is 0 Å². The van der Waals surface area contributed by atoms with Gasteiger partial charge < -0.3 is 15.3 Å². The second kappa shape index (κ2) is 7.10. The van der Waals surface area contributed by atoms with Crippen LogP contribution in [0.15, 0.2) is 0 Å². The summed E-state index contributed by atoms with van der Waals surface area (Å²) in [6, 6.07) is 0. The van der Waals surface area contributed by atoms with E-state index in [0.717, 1.165) is 19.0 Å². The monoisotopic (exact) mass is 256 g/mol. The predicted molar refractivity (Wildman–Crippen MR) is 73.8 cm³/mol. The van der Waals surface area contributed by atoms with E-state index in [1.165, 1.54) is 25.7 Å². The van der Waals surface area contributed by atoms with E-state index in [9.17, 15) is 9.90 Å². The normalized spacial score (nSPS) is 21.7. The maximum Gasteiger partial charge on any atom is 0.324 e. The number of aliphatic carboxylic acids is 1. The summed E-state index contributed by atoms with van der Waals surface area (Å²) < 4.78 is 0. The largest absolute Gasteiger partial charge is 0.480 e. The van der Waals surface area contributed by atoms with Crippen LogP contribution >= 0.6 is 0 Å². The third kappa shape index (κ3) is 4.25. The van der Waals surface area contributed by atoms with Gasteiger partial charge in [-0.25, -0.2) is 0 Å². The van der Waals surface area contributed by atoms with E-state index in [1.807, 2.05) is 6.92 Å². The molecule has 2 N–H and O–H groups in total. The van der Waals surface area contributed by atoms with Gasteiger partial charge in [0.2, 0.25) is 0 Å². The van der Waals surface area contributed by atoms with Crippen LogP contribution < -0.4 is 5.32 Å². The van der Waals surface area contributed by atoms with Crippen molar-refractivity contribution in [3.63, 3.8) is 0 Å². The summed E-state index contributed by atoms with van der Waals surface area (Å²) >= 11 is 0. The summed E-state index contributed by atoms with van der Waals surface area (Å²) in [6.45, 7) is 9.35. The molecule has 0 bridgehead atoms. The van der Waals surface area contributed by atoms with Gasteiger partial charge in [0.15, 0.2) is 0 Å². The Kier molecular flexibility index (Phi) is 6.09. The van der Waals surface area contributed by atoms with Gasteiger partial charge in [-0.15, -0.1) is 0 Å². The Balaban J connectivity index is 2.45. The number of likely N-dealkylation sites (tertiary alicyclic amines) is 1. The molecule has 4 heteroatoms. The van der Waals surface area contributed by atoms with E-state index in [4.69, 9.17) is 0 Å². The average Bonchev–Trinajstić information content (AvgIpc) is 2.32. The third-order valence-corrected chi connectivity index (χ3v) is 3.98.